The molecule has 4 nitrogen and oxygen atoms in total. The lowest BCUT2D eigenvalue weighted by atomic mass is 9.40. The fraction of sp³-hybridized carbons (Fsp3) is 0.760. The summed E-state index contributed by atoms with van der Waals surface area (Å²) in [6, 6.07) is 0. The van der Waals surface area contributed by atoms with Crippen molar-refractivity contribution in [3.05, 3.63) is 23.8 Å². The molecular weight excluding hydrogens is 364 g/mol. The van der Waals surface area contributed by atoms with Crippen LogP contribution >= 0.6 is 0 Å². The van der Waals surface area contributed by atoms with Gasteiger partial charge in [0.25, 0.3) is 0 Å². The number of hydrogen-bond acceptors (Lipinski definition) is 3. The van der Waals surface area contributed by atoms with Crippen molar-refractivity contribution in [2.45, 2.75) is 85.2 Å². The summed E-state index contributed by atoms with van der Waals surface area (Å²) < 4.78 is 5.83. The Morgan fingerprint density at radius 2 is 1.86 bits per heavy atom. The van der Waals surface area contributed by atoms with Crippen LogP contribution in [0.3, 0.4) is 0 Å². The molecule has 4 rings (SSSR count). The first-order valence-corrected chi connectivity index (χ1v) is 11.3. The minimum absolute atomic E-state index is 0.0144. The van der Waals surface area contributed by atoms with Gasteiger partial charge in [-0.15, -0.1) is 0 Å². The van der Waals surface area contributed by atoms with Crippen LogP contribution < -0.4 is 0 Å². The molecule has 0 aliphatic heterocycles. The molecule has 4 fully saturated rings. The van der Waals surface area contributed by atoms with Crippen LogP contribution in [0, 0.1) is 34.0 Å². The third kappa shape index (κ3) is 2.77. The summed E-state index contributed by atoms with van der Waals surface area (Å²) in [6.07, 6.45) is 9.51. The average molecular weight is 401 g/mol. The Kier molecular flexibility index (Phi) is 4.79. The highest BCUT2D eigenvalue weighted by molar-refractivity contribution is 5.88. The van der Waals surface area contributed by atoms with E-state index in [9.17, 15) is 14.7 Å². The summed E-state index contributed by atoms with van der Waals surface area (Å²) in [7, 11) is 0. The van der Waals surface area contributed by atoms with E-state index in [-0.39, 0.29) is 17.3 Å². The van der Waals surface area contributed by atoms with Crippen molar-refractivity contribution in [1.82, 2.24) is 0 Å². The van der Waals surface area contributed by atoms with Crippen LogP contribution in [0.1, 0.15) is 79.1 Å². The van der Waals surface area contributed by atoms with E-state index >= 15 is 0 Å². The van der Waals surface area contributed by atoms with E-state index in [0.29, 0.717) is 29.2 Å². The minimum Gasteiger partial charge on any atom is -0.481 e. The van der Waals surface area contributed by atoms with Gasteiger partial charge >= 0.3 is 11.9 Å². The van der Waals surface area contributed by atoms with Crippen molar-refractivity contribution in [2.75, 3.05) is 0 Å². The molecular formula is C25H36O4. The molecule has 0 aromatic carbocycles. The number of carbonyl (C=O) groups excluding carboxylic acids is 1. The quantitative estimate of drug-likeness (QED) is 0.384. The molecule has 4 aliphatic rings. The van der Waals surface area contributed by atoms with Gasteiger partial charge in [-0.3, -0.25) is 4.79 Å². The van der Waals surface area contributed by atoms with E-state index in [0.717, 1.165) is 25.7 Å². The first-order chi connectivity index (χ1) is 13.6. The van der Waals surface area contributed by atoms with Crippen LogP contribution in [0.15, 0.2) is 23.8 Å². The Hall–Kier alpha value is -1.58. The van der Waals surface area contributed by atoms with Gasteiger partial charge in [0.15, 0.2) is 0 Å². The maximum atomic E-state index is 12.7. The lowest BCUT2D eigenvalue weighted by Gasteiger charge is -2.64. The molecule has 4 saturated carbocycles. The maximum absolute atomic E-state index is 12.7. The number of allylic oxidation sites excluding steroid dienone is 2. The van der Waals surface area contributed by atoms with E-state index in [1.54, 1.807) is 19.9 Å². The van der Waals surface area contributed by atoms with Crippen LogP contribution in [0.25, 0.3) is 0 Å². The highest BCUT2D eigenvalue weighted by Crippen LogP contribution is 2.72. The fourth-order valence-corrected chi connectivity index (χ4v) is 8.06. The minimum atomic E-state index is -1.04. The van der Waals surface area contributed by atoms with Crippen molar-refractivity contribution >= 4 is 11.9 Å². The van der Waals surface area contributed by atoms with Gasteiger partial charge in [0.1, 0.15) is 11.5 Å². The van der Waals surface area contributed by atoms with E-state index in [1.165, 1.54) is 24.8 Å². The van der Waals surface area contributed by atoms with Gasteiger partial charge < -0.3 is 9.84 Å². The number of carboxylic acids is 1. The summed E-state index contributed by atoms with van der Waals surface area (Å²) in [5, 5.41) is 10.4. The molecule has 29 heavy (non-hydrogen) atoms. The van der Waals surface area contributed by atoms with Gasteiger partial charge in [0, 0.05) is 5.57 Å². The third-order valence-corrected chi connectivity index (χ3v) is 9.68. The molecule has 160 valence electrons. The highest BCUT2D eigenvalue weighted by Gasteiger charge is 2.67. The van der Waals surface area contributed by atoms with Crippen molar-refractivity contribution in [3.63, 3.8) is 0 Å². The molecule has 7 atom stereocenters. The lowest BCUT2D eigenvalue weighted by molar-refractivity contribution is -0.211. The molecule has 2 bridgehead atoms. The van der Waals surface area contributed by atoms with Gasteiger partial charge in [-0.25, -0.2) is 4.79 Å². The summed E-state index contributed by atoms with van der Waals surface area (Å²) in [4.78, 5) is 25.1. The number of ether oxygens (including phenoxy) is 1. The molecule has 4 aliphatic carbocycles. The van der Waals surface area contributed by atoms with Crippen LogP contribution in [-0.4, -0.2) is 23.1 Å². The SMILES string of the molecule is C=C1C[C@@]23CC[C@H]4[C@@](C)(CC[C@@H](OC(=O)/C(C)=C/C)[C@@]4(C)C(=O)O)[C@@H]2CCC1C3. The number of aliphatic carboxylic acids is 1. The average Bonchev–Trinajstić information content (AvgIpc) is 2.91. The molecule has 1 N–H and O–H groups in total. The molecule has 0 aromatic heterocycles. The van der Waals surface area contributed by atoms with Gasteiger partial charge in [0.05, 0.1) is 0 Å². The Bertz CT molecular complexity index is 782. The van der Waals surface area contributed by atoms with E-state index in [4.69, 9.17) is 4.74 Å². The van der Waals surface area contributed by atoms with Crippen LogP contribution in [0.5, 0.6) is 0 Å². The summed E-state index contributed by atoms with van der Waals surface area (Å²) in [5.74, 6) is 0.0690. The van der Waals surface area contributed by atoms with E-state index in [1.807, 2.05) is 6.92 Å². The van der Waals surface area contributed by atoms with Gasteiger partial charge in [-0.1, -0.05) is 25.2 Å². The Morgan fingerprint density at radius 3 is 2.52 bits per heavy atom. The largest absolute Gasteiger partial charge is 0.481 e. The number of hydrogen-bond donors (Lipinski definition) is 1. The smallest absolute Gasteiger partial charge is 0.333 e. The van der Waals surface area contributed by atoms with Gasteiger partial charge in [-0.05, 0) is 101 Å². The number of carbonyl (C=O) groups is 2. The molecule has 1 spiro atoms. The zero-order valence-electron chi connectivity index (χ0n) is 18.4. The topological polar surface area (TPSA) is 63.6 Å². The maximum Gasteiger partial charge on any atom is 0.333 e. The van der Waals surface area contributed by atoms with Crippen LogP contribution in [-0.2, 0) is 14.3 Å². The molecule has 0 heterocycles. The summed E-state index contributed by atoms with van der Waals surface area (Å²) >= 11 is 0. The predicted molar refractivity (Wildman–Crippen MR) is 112 cm³/mol. The summed E-state index contributed by atoms with van der Waals surface area (Å²) in [6.45, 7) is 12.1. The number of fused-ring (bicyclic) bond motifs is 3. The van der Waals surface area contributed by atoms with Crippen LogP contribution in [0.4, 0.5) is 0 Å². The lowest BCUT2D eigenvalue weighted by Crippen LogP contribution is -2.63. The number of esters is 1. The third-order valence-electron chi connectivity index (χ3n) is 9.68. The summed E-state index contributed by atoms with van der Waals surface area (Å²) in [5.41, 5.74) is 1.25. The van der Waals surface area contributed by atoms with Crippen LogP contribution in [0.2, 0.25) is 0 Å². The van der Waals surface area contributed by atoms with E-state index < -0.39 is 17.5 Å². The fourth-order valence-electron chi connectivity index (χ4n) is 8.06. The zero-order chi connectivity index (χ0) is 21.2. The Balaban J connectivity index is 1.68. The van der Waals surface area contributed by atoms with Gasteiger partial charge in [0.2, 0.25) is 0 Å². The van der Waals surface area contributed by atoms with Crippen molar-refractivity contribution < 1.29 is 19.4 Å². The van der Waals surface area contributed by atoms with Crippen molar-refractivity contribution in [3.8, 4) is 0 Å². The second-order valence-electron chi connectivity index (χ2n) is 10.8. The molecule has 0 radical (unpaired) electrons. The van der Waals surface area contributed by atoms with Crippen molar-refractivity contribution in [1.29, 1.82) is 0 Å². The monoisotopic (exact) mass is 400 g/mol. The molecule has 0 aromatic rings. The number of carboxylic acid groups (broad SMARTS) is 1. The molecule has 0 saturated heterocycles. The molecule has 1 unspecified atom stereocenters. The zero-order valence-corrected chi connectivity index (χ0v) is 18.4. The second-order valence-corrected chi connectivity index (χ2v) is 10.8. The van der Waals surface area contributed by atoms with Gasteiger partial charge in [-0.2, -0.15) is 0 Å². The molecule has 4 heteroatoms. The number of rotatable bonds is 3. The molecule has 0 amide bonds. The second kappa shape index (κ2) is 6.72. The predicted octanol–water partition coefficient (Wildman–Crippen LogP) is 5.53. The Morgan fingerprint density at radius 1 is 1.14 bits per heavy atom. The normalized spacial score (nSPS) is 46.6. The Labute approximate surface area is 174 Å². The van der Waals surface area contributed by atoms with E-state index in [2.05, 4.69) is 13.5 Å². The van der Waals surface area contributed by atoms with Crippen molar-refractivity contribution in [2.24, 2.45) is 34.0 Å². The highest BCUT2D eigenvalue weighted by atomic mass is 16.5. The first-order valence-electron chi connectivity index (χ1n) is 11.3. The first kappa shape index (κ1) is 20.7. The standard InChI is InChI=1S/C25H36O4/c1-6-15(2)21(26)29-20-10-11-23(4)18(24(20,5)22(27)28)9-12-25-13-16(3)17(14-25)7-8-19(23)25/h6,17-20H,3,7-14H2,1-2,4-5H3,(H,27,28)/b15-6+/t17?,18-,19-,20+,23+,24-,25+/m0/s1.